The van der Waals surface area contributed by atoms with Crippen molar-refractivity contribution in [1.82, 2.24) is 14.9 Å². The van der Waals surface area contributed by atoms with Crippen LogP contribution in [0.2, 0.25) is 0 Å². The topological polar surface area (TPSA) is 93.5 Å². The molecule has 3 aliphatic rings. The van der Waals surface area contributed by atoms with Crippen LogP contribution < -0.4 is 10.9 Å². The number of pyridine rings is 2. The van der Waals surface area contributed by atoms with Crippen molar-refractivity contribution in [1.29, 1.82) is 0 Å². The Labute approximate surface area is 201 Å². The zero-order valence-corrected chi connectivity index (χ0v) is 20.3. The Bertz CT molecular complexity index is 1510. The van der Waals surface area contributed by atoms with Gasteiger partial charge in [0.15, 0.2) is 5.60 Å². The Morgan fingerprint density at radius 1 is 1.29 bits per heavy atom. The summed E-state index contributed by atoms with van der Waals surface area (Å²) in [4.78, 5) is 30.9. The van der Waals surface area contributed by atoms with E-state index < -0.39 is 11.6 Å². The highest BCUT2D eigenvalue weighted by Crippen LogP contribution is 2.46. The van der Waals surface area contributed by atoms with Crippen LogP contribution in [0.15, 0.2) is 16.9 Å². The lowest BCUT2D eigenvalue weighted by Gasteiger charge is -2.31. The van der Waals surface area contributed by atoms with Crippen LogP contribution in [0.4, 0.5) is 4.39 Å². The van der Waals surface area contributed by atoms with Crippen LogP contribution in [0.3, 0.4) is 0 Å². The number of hydrogen-bond donors (Lipinski definition) is 2. The standard InChI is InChI=1S/C27H28FN3O4/c1-5-27(34)17-8-21-24-15(10-31(21)25(32)16(17)11-35-26(27)33)23-19(29-12(2)3)7-6-14-13(4)18(28)9-20(30-24)22(14)23/h8-9,12,19,29,34H,5-7,10-11H2,1-4H3. The van der Waals surface area contributed by atoms with Crippen molar-refractivity contribution in [2.24, 2.45) is 0 Å². The first-order valence-electron chi connectivity index (χ1n) is 12.2. The molecule has 182 valence electrons. The van der Waals surface area contributed by atoms with E-state index >= 15 is 0 Å². The zero-order chi connectivity index (χ0) is 24.8. The first-order valence-corrected chi connectivity index (χ1v) is 12.2. The molecule has 0 bridgehead atoms. The highest BCUT2D eigenvalue weighted by molar-refractivity contribution is 5.93. The largest absolute Gasteiger partial charge is 0.458 e. The van der Waals surface area contributed by atoms with E-state index in [1.807, 2.05) is 6.92 Å². The summed E-state index contributed by atoms with van der Waals surface area (Å²) in [5.41, 5.74) is 3.76. The molecule has 3 aromatic rings. The van der Waals surface area contributed by atoms with E-state index in [1.165, 1.54) is 6.07 Å². The third kappa shape index (κ3) is 2.93. The van der Waals surface area contributed by atoms with Gasteiger partial charge in [0.2, 0.25) is 0 Å². The molecule has 4 heterocycles. The molecule has 0 amide bonds. The summed E-state index contributed by atoms with van der Waals surface area (Å²) in [6, 6.07) is 3.47. The highest BCUT2D eigenvalue weighted by Gasteiger charge is 2.45. The van der Waals surface area contributed by atoms with E-state index in [0.29, 0.717) is 34.6 Å². The summed E-state index contributed by atoms with van der Waals surface area (Å²) in [5.74, 6) is -1.04. The molecule has 0 saturated carbocycles. The number of carbonyl (C=O) groups is 1. The second-order valence-corrected chi connectivity index (χ2v) is 10.2. The fourth-order valence-electron chi connectivity index (χ4n) is 6.12. The quantitative estimate of drug-likeness (QED) is 0.439. The van der Waals surface area contributed by atoms with Crippen LogP contribution in [0.5, 0.6) is 0 Å². The first kappa shape index (κ1) is 22.4. The summed E-state index contributed by atoms with van der Waals surface area (Å²) in [6.45, 7) is 7.85. The van der Waals surface area contributed by atoms with Gasteiger partial charge < -0.3 is 19.7 Å². The van der Waals surface area contributed by atoms with Gasteiger partial charge in [0.1, 0.15) is 12.4 Å². The number of hydrogen-bond acceptors (Lipinski definition) is 6. The summed E-state index contributed by atoms with van der Waals surface area (Å²) in [6.07, 6.45) is 1.65. The molecule has 0 saturated heterocycles. The van der Waals surface area contributed by atoms with Crippen molar-refractivity contribution in [3.8, 4) is 11.4 Å². The van der Waals surface area contributed by atoms with Crippen LogP contribution in [-0.2, 0) is 34.7 Å². The molecular weight excluding hydrogens is 449 g/mol. The van der Waals surface area contributed by atoms with E-state index in [-0.39, 0.29) is 42.1 Å². The van der Waals surface area contributed by atoms with E-state index in [2.05, 4.69) is 19.2 Å². The minimum Gasteiger partial charge on any atom is -0.458 e. The van der Waals surface area contributed by atoms with Crippen molar-refractivity contribution >= 4 is 16.9 Å². The molecule has 2 aromatic heterocycles. The van der Waals surface area contributed by atoms with E-state index in [1.54, 1.807) is 17.6 Å². The van der Waals surface area contributed by atoms with Crippen LogP contribution in [-0.4, -0.2) is 26.7 Å². The van der Waals surface area contributed by atoms with Gasteiger partial charge in [-0.2, -0.15) is 0 Å². The normalized spacial score (nSPS) is 22.3. The molecular formula is C27H28FN3O4. The monoisotopic (exact) mass is 477 g/mol. The number of fused-ring (bicyclic) bond motifs is 5. The molecule has 1 aliphatic carbocycles. The lowest BCUT2D eigenvalue weighted by molar-refractivity contribution is -0.172. The van der Waals surface area contributed by atoms with Crippen molar-refractivity contribution < 1.29 is 19.0 Å². The van der Waals surface area contributed by atoms with Crippen LogP contribution in [0.25, 0.3) is 22.3 Å². The Morgan fingerprint density at radius 2 is 2.06 bits per heavy atom. The smallest absolute Gasteiger partial charge is 0.343 e. The van der Waals surface area contributed by atoms with Gasteiger partial charge in [0.25, 0.3) is 5.56 Å². The predicted molar refractivity (Wildman–Crippen MR) is 129 cm³/mol. The Kier molecular flexibility index (Phi) is 4.76. The fraction of sp³-hybridized carbons (Fsp3) is 0.444. The van der Waals surface area contributed by atoms with Gasteiger partial charge in [0, 0.05) is 34.7 Å². The molecule has 2 atom stereocenters. The number of esters is 1. The number of halogens is 1. The minimum atomic E-state index is -1.88. The van der Waals surface area contributed by atoms with Gasteiger partial charge in [-0.05, 0) is 48.9 Å². The van der Waals surface area contributed by atoms with E-state index in [0.717, 1.165) is 34.9 Å². The number of nitrogens with one attached hydrogen (secondary N) is 1. The molecule has 0 fully saturated rings. The van der Waals surface area contributed by atoms with Gasteiger partial charge >= 0.3 is 5.97 Å². The van der Waals surface area contributed by atoms with Gasteiger partial charge in [0.05, 0.1) is 29.0 Å². The summed E-state index contributed by atoms with van der Waals surface area (Å²) in [5, 5.41) is 15.8. The van der Waals surface area contributed by atoms with Crippen LogP contribution in [0.1, 0.15) is 73.0 Å². The number of nitrogens with zero attached hydrogens (tertiary/aromatic N) is 2. The first-order chi connectivity index (χ1) is 16.7. The Hall–Kier alpha value is -3.10. The maximum absolute atomic E-state index is 14.9. The summed E-state index contributed by atoms with van der Waals surface area (Å²) in [7, 11) is 0. The summed E-state index contributed by atoms with van der Waals surface area (Å²) >= 11 is 0. The van der Waals surface area contributed by atoms with Gasteiger partial charge in [-0.1, -0.05) is 20.8 Å². The average molecular weight is 478 g/mol. The number of aliphatic hydroxyl groups is 1. The van der Waals surface area contributed by atoms with Crippen molar-refractivity contribution in [2.45, 2.75) is 77.8 Å². The molecule has 7 nitrogen and oxygen atoms in total. The Morgan fingerprint density at radius 3 is 2.77 bits per heavy atom. The lowest BCUT2D eigenvalue weighted by atomic mass is 9.81. The van der Waals surface area contributed by atoms with Crippen molar-refractivity contribution in [3.63, 3.8) is 0 Å². The van der Waals surface area contributed by atoms with Crippen molar-refractivity contribution in [2.75, 3.05) is 0 Å². The summed E-state index contributed by atoms with van der Waals surface area (Å²) < 4.78 is 21.7. The van der Waals surface area contributed by atoms with Gasteiger partial charge in [-0.15, -0.1) is 0 Å². The maximum Gasteiger partial charge on any atom is 0.343 e. The van der Waals surface area contributed by atoms with Crippen LogP contribution in [0, 0.1) is 12.7 Å². The van der Waals surface area contributed by atoms with Gasteiger partial charge in [-0.25, -0.2) is 14.2 Å². The molecule has 2 aliphatic heterocycles. The second kappa shape index (κ2) is 7.45. The third-order valence-corrected chi connectivity index (χ3v) is 7.91. The SMILES string of the molecule is CCC1(O)C(=O)OCc2c1cc1n(c2=O)Cc2c-1nc1cc(F)c(C)c3c1c2C(NC(C)C)CC3. The number of aromatic nitrogens is 2. The lowest BCUT2D eigenvalue weighted by Crippen LogP contribution is -2.44. The van der Waals surface area contributed by atoms with Crippen molar-refractivity contribution in [3.05, 3.63) is 61.7 Å². The second-order valence-electron chi connectivity index (χ2n) is 10.2. The number of ether oxygens (including phenoxy) is 1. The average Bonchev–Trinajstić information content (AvgIpc) is 3.19. The minimum absolute atomic E-state index is 0.0451. The van der Waals surface area contributed by atoms with E-state index in [9.17, 15) is 19.1 Å². The van der Waals surface area contributed by atoms with E-state index in [4.69, 9.17) is 9.72 Å². The molecule has 8 heteroatoms. The Balaban J connectivity index is 1.68. The molecule has 1 aromatic carbocycles. The third-order valence-electron chi connectivity index (χ3n) is 7.91. The maximum atomic E-state index is 14.9. The number of cyclic esters (lactones) is 1. The van der Waals surface area contributed by atoms with Gasteiger partial charge in [-0.3, -0.25) is 4.79 Å². The van der Waals surface area contributed by atoms with Crippen LogP contribution >= 0.6 is 0 Å². The molecule has 0 radical (unpaired) electrons. The molecule has 35 heavy (non-hydrogen) atoms. The molecule has 2 N–H and O–H groups in total. The fourth-order valence-corrected chi connectivity index (χ4v) is 6.12. The number of benzene rings is 1. The molecule has 0 spiro atoms. The predicted octanol–water partition coefficient (Wildman–Crippen LogP) is 3.51. The number of carbonyl (C=O) groups excluding carboxylic acids is 1. The molecule has 6 rings (SSSR count). The highest BCUT2D eigenvalue weighted by atomic mass is 19.1. The number of rotatable bonds is 3. The number of aryl methyl sites for hydroxylation is 1. The zero-order valence-electron chi connectivity index (χ0n) is 20.3. The molecule has 2 unspecified atom stereocenters.